The number of aromatic nitrogens is 3. The Balaban J connectivity index is 1.57. The van der Waals surface area contributed by atoms with E-state index >= 15 is 0 Å². The third kappa shape index (κ3) is 3.25. The zero-order valence-electron chi connectivity index (χ0n) is 14.3. The predicted octanol–water partition coefficient (Wildman–Crippen LogP) is 3.71. The molecule has 1 N–H and O–H groups in total. The van der Waals surface area contributed by atoms with E-state index in [-0.39, 0.29) is 5.56 Å². The molecule has 0 spiro atoms. The lowest BCUT2D eigenvalue weighted by atomic mass is 10.1. The van der Waals surface area contributed by atoms with Crippen LogP contribution in [0.3, 0.4) is 0 Å². The van der Waals surface area contributed by atoms with E-state index in [1.54, 1.807) is 36.4 Å². The van der Waals surface area contributed by atoms with Gasteiger partial charge >= 0.3 is 0 Å². The quantitative estimate of drug-likeness (QED) is 0.536. The summed E-state index contributed by atoms with van der Waals surface area (Å²) in [5.74, 6) is 0.733. The largest absolute Gasteiger partial charge is 0.494 e. The first kappa shape index (κ1) is 17.1. The van der Waals surface area contributed by atoms with Gasteiger partial charge in [0.2, 0.25) is 0 Å². The van der Waals surface area contributed by atoms with E-state index in [0.717, 1.165) is 5.75 Å². The molecular formula is C20H15ClN4O2. The Labute approximate surface area is 159 Å². The summed E-state index contributed by atoms with van der Waals surface area (Å²) in [6.45, 7) is 0.469. The van der Waals surface area contributed by atoms with Crippen LogP contribution in [0.15, 0.2) is 53.3 Å². The van der Waals surface area contributed by atoms with Crippen molar-refractivity contribution in [3.8, 4) is 11.8 Å². The summed E-state index contributed by atoms with van der Waals surface area (Å²) in [4.78, 5) is 15.8. The summed E-state index contributed by atoms with van der Waals surface area (Å²) < 4.78 is 6.95. The van der Waals surface area contributed by atoms with Gasteiger partial charge in [0.25, 0.3) is 5.56 Å². The second-order valence-electron chi connectivity index (χ2n) is 6.08. The van der Waals surface area contributed by atoms with Crippen molar-refractivity contribution in [2.75, 3.05) is 6.61 Å². The molecule has 7 heteroatoms. The van der Waals surface area contributed by atoms with Crippen molar-refractivity contribution in [1.29, 1.82) is 5.26 Å². The van der Waals surface area contributed by atoms with Crippen LogP contribution in [0.4, 0.5) is 0 Å². The molecule has 27 heavy (non-hydrogen) atoms. The van der Waals surface area contributed by atoms with Crippen molar-refractivity contribution < 1.29 is 4.74 Å². The van der Waals surface area contributed by atoms with Gasteiger partial charge < -0.3 is 9.72 Å². The van der Waals surface area contributed by atoms with Gasteiger partial charge in [-0.1, -0.05) is 23.7 Å². The number of nitrogens with one attached hydrogen (secondary N) is 1. The third-order valence-electron chi connectivity index (χ3n) is 4.31. The minimum Gasteiger partial charge on any atom is -0.494 e. The Kier molecular flexibility index (Phi) is 4.53. The minimum atomic E-state index is -0.237. The van der Waals surface area contributed by atoms with Crippen LogP contribution in [-0.4, -0.2) is 21.2 Å². The standard InChI is InChI=1S/C20H15ClN4O2/c21-13-7-9-14(10-8-13)27-11-3-6-18-16(12-22)19-23-17-5-2-1-4-15(17)20(26)25(19)24-18/h1-2,4-5,7-10,23H,3,6,11H2. The molecule has 0 atom stereocenters. The molecule has 2 aromatic heterocycles. The number of ether oxygens (including phenoxy) is 1. The van der Waals surface area contributed by atoms with Crippen LogP contribution in [0, 0.1) is 11.3 Å². The molecule has 0 aliphatic rings. The summed E-state index contributed by atoms with van der Waals surface area (Å²) in [6, 6.07) is 16.5. The first-order chi connectivity index (χ1) is 13.2. The first-order valence-corrected chi connectivity index (χ1v) is 8.86. The lowest BCUT2D eigenvalue weighted by Gasteiger charge is -2.05. The molecule has 0 amide bonds. The molecule has 0 saturated carbocycles. The number of nitrogens with zero attached hydrogens (tertiary/aromatic N) is 3. The molecule has 134 valence electrons. The molecule has 2 heterocycles. The van der Waals surface area contributed by atoms with Gasteiger partial charge in [0.05, 0.1) is 23.2 Å². The maximum absolute atomic E-state index is 12.6. The van der Waals surface area contributed by atoms with Crippen LogP contribution in [0.2, 0.25) is 5.02 Å². The monoisotopic (exact) mass is 378 g/mol. The lowest BCUT2D eigenvalue weighted by Crippen LogP contribution is -2.15. The summed E-state index contributed by atoms with van der Waals surface area (Å²) in [5, 5.41) is 15.1. The number of nitriles is 1. The average Bonchev–Trinajstić information content (AvgIpc) is 3.04. The SMILES string of the molecule is N#Cc1c(CCCOc2ccc(Cl)cc2)nn2c(=O)c3ccccc3[nH]c12. The zero-order valence-corrected chi connectivity index (χ0v) is 15.0. The normalized spacial score (nSPS) is 11.0. The van der Waals surface area contributed by atoms with Gasteiger partial charge in [-0.25, -0.2) is 0 Å². The van der Waals surface area contributed by atoms with Gasteiger partial charge in [-0.05, 0) is 49.2 Å². The fraction of sp³-hybridized carbons (Fsp3) is 0.150. The number of rotatable bonds is 5. The smallest absolute Gasteiger partial charge is 0.282 e. The van der Waals surface area contributed by atoms with Gasteiger partial charge in [0.15, 0.2) is 5.65 Å². The molecule has 4 rings (SSSR count). The molecule has 0 aliphatic heterocycles. The highest BCUT2D eigenvalue weighted by atomic mass is 35.5. The summed E-state index contributed by atoms with van der Waals surface area (Å²) in [5.41, 5.74) is 1.85. The second kappa shape index (κ2) is 7.14. The van der Waals surface area contributed by atoms with Gasteiger partial charge in [-0.2, -0.15) is 14.9 Å². The number of H-pyrrole nitrogens is 1. The van der Waals surface area contributed by atoms with Crippen molar-refractivity contribution >= 4 is 28.2 Å². The van der Waals surface area contributed by atoms with Crippen LogP contribution in [0.1, 0.15) is 17.7 Å². The van der Waals surface area contributed by atoms with Crippen molar-refractivity contribution in [1.82, 2.24) is 14.6 Å². The number of benzene rings is 2. The number of halogens is 1. The van der Waals surface area contributed by atoms with Crippen LogP contribution in [0.25, 0.3) is 16.6 Å². The minimum absolute atomic E-state index is 0.237. The van der Waals surface area contributed by atoms with Crippen LogP contribution in [0.5, 0.6) is 5.75 Å². The lowest BCUT2D eigenvalue weighted by molar-refractivity contribution is 0.310. The van der Waals surface area contributed by atoms with E-state index in [1.165, 1.54) is 4.52 Å². The Hall–Kier alpha value is -3.30. The molecular weight excluding hydrogens is 364 g/mol. The highest BCUT2D eigenvalue weighted by molar-refractivity contribution is 6.30. The fourth-order valence-corrected chi connectivity index (χ4v) is 3.12. The van der Waals surface area contributed by atoms with E-state index < -0.39 is 0 Å². The van der Waals surface area contributed by atoms with Gasteiger partial charge in [-0.3, -0.25) is 4.79 Å². The maximum Gasteiger partial charge on any atom is 0.282 e. The van der Waals surface area contributed by atoms with Crippen molar-refractivity contribution in [2.45, 2.75) is 12.8 Å². The van der Waals surface area contributed by atoms with E-state index in [0.29, 0.717) is 52.3 Å². The molecule has 0 unspecified atom stereocenters. The molecule has 4 aromatic rings. The fourth-order valence-electron chi connectivity index (χ4n) is 3.00. The van der Waals surface area contributed by atoms with E-state index in [4.69, 9.17) is 16.3 Å². The Morgan fingerprint density at radius 1 is 1.19 bits per heavy atom. The van der Waals surface area contributed by atoms with Gasteiger partial charge in [0, 0.05) is 5.02 Å². The van der Waals surface area contributed by atoms with Crippen LogP contribution < -0.4 is 10.3 Å². The number of hydrogen-bond acceptors (Lipinski definition) is 4. The van der Waals surface area contributed by atoms with Crippen molar-refractivity contribution in [2.24, 2.45) is 0 Å². The predicted molar refractivity (Wildman–Crippen MR) is 103 cm³/mol. The molecule has 0 fully saturated rings. The molecule has 0 aliphatic carbocycles. The van der Waals surface area contributed by atoms with Crippen molar-refractivity contribution in [3.63, 3.8) is 0 Å². The van der Waals surface area contributed by atoms with E-state index in [1.807, 2.05) is 12.1 Å². The molecule has 2 aromatic carbocycles. The highest BCUT2D eigenvalue weighted by Gasteiger charge is 2.16. The number of fused-ring (bicyclic) bond motifs is 2. The van der Waals surface area contributed by atoms with Gasteiger partial charge in [-0.15, -0.1) is 0 Å². The topological polar surface area (TPSA) is 83.2 Å². The number of aryl methyl sites for hydroxylation is 1. The number of aromatic amines is 1. The van der Waals surface area contributed by atoms with Crippen molar-refractivity contribution in [3.05, 3.63) is 75.2 Å². The summed E-state index contributed by atoms with van der Waals surface area (Å²) in [6.07, 6.45) is 1.19. The van der Waals surface area contributed by atoms with Gasteiger partial charge in [0.1, 0.15) is 17.4 Å². The Bertz CT molecular complexity index is 1220. The number of hydrogen-bond donors (Lipinski definition) is 1. The summed E-state index contributed by atoms with van der Waals surface area (Å²) >= 11 is 5.85. The number of para-hydroxylation sites is 1. The zero-order chi connectivity index (χ0) is 18.8. The van der Waals surface area contributed by atoms with Crippen LogP contribution >= 0.6 is 11.6 Å². The Morgan fingerprint density at radius 2 is 1.96 bits per heavy atom. The molecule has 0 saturated heterocycles. The first-order valence-electron chi connectivity index (χ1n) is 8.48. The van der Waals surface area contributed by atoms with Crippen LogP contribution in [-0.2, 0) is 6.42 Å². The van der Waals surface area contributed by atoms with E-state index in [2.05, 4.69) is 16.2 Å². The Morgan fingerprint density at radius 3 is 2.74 bits per heavy atom. The second-order valence-corrected chi connectivity index (χ2v) is 6.51. The molecule has 6 nitrogen and oxygen atoms in total. The molecule has 0 bridgehead atoms. The summed E-state index contributed by atoms with van der Waals surface area (Å²) in [7, 11) is 0. The highest BCUT2D eigenvalue weighted by Crippen LogP contribution is 2.18. The third-order valence-corrected chi connectivity index (χ3v) is 4.56. The average molecular weight is 379 g/mol. The maximum atomic E-state index is 12.6. The molecule has 0 radical (unpaired) electrons. The van der Waals surface area contributed by atoms with E-state index in [9.17, 15) is 10.1 Å².